The van der Waals surface area contributed by atoms with Crippen molar-refractivity contribution in [2.24, 2.45) is 7.05 Å². The van der Waals surface area contributed by atoms with E-state index in [9.17, 15) is 4.79 Å². The van der Waals surface area contributed by atoms with Crippen LogP contribution in [0, 0.1) is 0 Å². The summed E-state index contributed by atoms with van der Waals surface area (Å²) >= 11 is 0. The quantitative estimate of drug-likeness (QED) is 0.907. The van der Waals surface area contributed by atoms with Gasteiger partial charge in [0.05, 0.1) is 17.0 Å². The molecule has 1 amide bonds. The predicted octanol–water partition coefficient (Wildman–Crippen LogP) is 1.95. The second-order valence-electron chi connectivity index (χ2n) is 4.81. The fraction of sp³-hybridized carbons (Fsp3) is 0.429. The monoisotopic (exact) mass is 277 g/mol. The summed E-state index contributed by atoms with van der Waals surface area (Å²) in [5, 5.41) is 7.98. The smallest absolute Gasteiger partial charge is 0.250 e. The van der Waals surface area contributed by atoms with E-state index in [1.165, 1.54) is 7.11 Å². The Morgan fingerprint density at radius 2 is 2.20 bits per heavy atom. The van der Waals surface area contributed by atoms with Crippen molar-refractivity contribution in [3.05, 3.63) is 18.2 Å². The highest BCUT2D eigenvalue weighted by molar-refractivity contribution is 5.95. The van der Waals surface area contributed by atoms with Gasteiger partial charge in [0.15, 0.2) is 0 Å². The number of rotatable bonds is 5. The molecule has 0 aliphatic carbocycles. The van der Waals surface area contributed by atoms with Gasteiger partial charge in [-0.1, -0.05) is 0 Å². The van der Waals surface area contributed by atoms with Gasteiger partial charge in [0.25, 0.3) is 0 Å². The van der Waals surface area contributed by atoms with Gasteiger partial charge in [-0.3, -0.25) is 9.48 Å². The Bertz CT molecular complexity index is 619. The molecule has 2 rings (SSSR count). The van der Waals surface area contributed by atoms with Gasteiger partial charge >= 0.3 is 0 Å². The van der Waals surface area contributed by atoms with Crippen LogP contribution in [0.3, 0.4) is 0 Å². The number of fused-ring (bicyclic) bond motifs is 1. The van der Waals surface area contributed by atoms with Gasteiger partial charge in [0.1, 0.15) is 6.61 Å². The minimum Gasteiger partial charge on any atom is -0.473 e. The second-order valence-corrected chi connectivity index (χ2v) is 4.81. The molecule has 0 spiro atoms. The van der Waals surface area contributed by atoms with E-state index in [-0.39, 0.29) is 18.6 Å². The summed E-state index contributed by atoms with van der Waals surface area (Å²) in [7, 11) is 3.34. The van der Waals surface area contributed by atoms with Gasteiger partial charge in [-0.05, 0) is 32.0 Å². The van der Waals surface area contributed by atoms with E-state index in [1.807, 2.05) is 39.1 Å². The first-order chi connectivity index (χ1) is 9.51. The lowest BCUT2D eigenvalue weighted by molar-refractivity contribution is -0.119. The highest BCUT2D eigenvalue weighted by atomic mass is 16.5. The third kappa shape index (κ3) is 3.08. The third-order valence-corrected chi connectivity index (χ3v) is 2.72. The zero-order valence-corrected chi connectivity index (χ0v) is 12.1. The molecule has 2 aromatic rings. The molecule has 6 heteroatoms. The highest BCUT2D eigenvalue weighted by Gasteiger charge is 2.12. The normalized spacial score (nSPS) is 11.1. The Balaban J connectivity index is 2.33. The first kappa shape index (κ1) is 14.3. The molecule has 0 fully saturated rings. The summed E-state index contributed by atoms with van der Waals surface area (Å²) in [6, 6.07) is 5.59. The van der Waals surface area contributed by atoms with Crippen molar-refractivity contribution >= 4 is 22.5 Å². The molecule has 20 heavy (non-hydrogen) atoms. The Labute approximate surface area is 117 Å². The van der Waals surface area contributed by atoms with Gasteiger partial charge < -0.3 is 14.8 Å². The molecule has 1 N–H and O–H groups in total. The number of aryl methyl sites for hydroxylation is 1. The maximum Gasteiger partial charge on any atom is 0.250 e. The summed E-state index contributed by atoms with van der Waals surface area (Å²) in [6.07, 6.45) is 0.0415. The second kappa shape index (κ2) is 5.92. The lowest BCUT2D eigenvalue weighted by atomic mass is 10.2. The fourth-order valence-corrected chi connectivity index (χ4v) is 1.95. The molecule has 108 valence electrons. The molecule has 0 aliphatic heterocycles. The van der Waals surface area contributed by atoms with Crippen LogP contribution in [0.2, 0.25) is 0 Å². The number of benzene rings is 1. The van der Waals surface area contributed by atoms with Crippen LogP contribution < -0.4 is 10.1 Å². The van der Waals surface area contributed by atoms with Crippen molar-refractivity contribution in [2.75, 3.05) is 19.0 Å². The summed E-state index contributed by atoms with van der Waals surface area (Å²) in [5.41, 5.74) is 1.64. The molecular weight excluding hydrogens is 258 g/mol. The molecular formula is C14H19N3O3. The molecule has 0 unspecified atom stereocenters. The number of nitrogens with zero attached hydrogens (tertiary/aromatic N) is 2. The van der Waals surface area contributed by atoms with E-state index in [0.717, 1.165) is 10.9 Å². The number of aromatic nitrogens is 2. The molecule has 1 heterocycles. The van der Waals surface area contributed by atoms with Crippen molar-refractivity contribution in [3.63, 3.8) is 0 Å². The molecule has 0 saturated heterocycles. The Hall–Kier alpha value is -2.08. The number of nitrogens with one attached hydrogen (secondary N) is 1. The number of hydrogen-bond donors (Lipinski definition) is 1. The largest absolute Gasteiger partial charge is 0.473 e. The first-order valence-electron chi connectivity index (χ1n) is 6.43. The third-order valence-electron chi connectivity index (χ3n) is 2.72. The van der Waals surface area contributed by atoms with Crippen molar-refractivity contribution < 1.29 is 14.3 Å². The number of methoxy groups -OCH3 is 1. The van der Waals surface area contributed by atoms with E-state index in [0.29, 0.717) is 11.6 Å². The van der Waals surface area contributed by atoms with Crippen LogP contribution in [0.25, 0.3) is 10.9 Å². The van der Waals surface area contributed by atoms with Gasteiger partial charge in [0, 0.05) is 19.8 Å². The number of hydrogen-bond acceptors (Lipinski definition) is 4. The van der Waals surface area contributed by atoms with Crippen molar-refractivity contribution in [1.82, 2.24) is 9.78 Å². The molecule has 1 aromatic heterocycles. The van der Waals surface area contributed by atoms with Gasteiger partial charge in [0.2, 0.25) is 11.8 Å². The van der Waals surface area contributed by atoms with Crippen LogP contribution in [-0.4, -0.2) is 35.5 Å². The van der Waals surface area contributed by atoms with Crippen LogP contribution in [0.15, 0.2) is 18.2 Å². The molecule has 1 aromatic carbocycles. The first-order valence-corrected chi connectivity index (χ1v) is 6.43. The number of amides is 1. The Kier molecular flexibility index (Phi) is 4.24. The maximum absolute atomic E-state index is 11.5. The average molecular weight is 277 g/mol. The van der Waals surface area contributed by atoms with Crippen LogP contribution in [0.4, 0.5) is 5.69 Å². The van der Waals surface area contributed by atoms with E-state index >= 15 is 0 Å². The fourth-order valence-electron chi connectivity index (χ4n) is 1.95. The van der Waals surface area contributed by atoms with Gasteiger partial charge in [-0.2, -0.15) is 0 Å². The SMILES string of the molecule is COCC(=O)Nc1ccc2c(c1)c(OC(C)C)nn2C. The van der Waals surface area contributed by atoms with Crippen molar-refractivity contribution in [2.45, 2.75) is 20.0 Å². The average Bonchev–Trinajstić information content (AvgIpc) is 2.65. The van der Waals surface area contributed by atoms with Gasteiger partial charge in [-0.25, -0.2) is 0 Å². The number of carbonyl (C=O) groups is 1. The molecule has 6 nitrogen and oxygen atoms in total. The summed E-state index contributed by atoms with van der Waals surface area (Å²) in [6.45, 7) is 3.93. The lowest BCUT2D eigenvalue weighted by Crippen LogP contribution is -2.16. The number of anilines is 1. The van der Waals surface area contributed by atoms with Gasteiger partial charge in [-0.15, -0.1) is 5.10 Å². The molecule has 0 radical (unpaired) electrons. The van der Waals surface area contributed by atoms with E-state index in [4.69, 9.17) is 9.47 Å². The van der Waals surface area contributed by atoms with Crippen LogP contribution in [0.5, 0.6) is 5.88 Å². The van der Waals surface area contributed by atoms with Crippen LogP contribution in [0.1, 0.15) is 13.8 Å². The zero-order valence-electron chi connectivity index (χ0n) is 12.1. The number of ether oxygens (including phenoxy) is 2. The van der Waals surface area contributed by atoms with Crippen molar-refractivity contribution in [1.29, 1.82) is 0 Å². The summed E-state index contributed by atoms with van der Waals surface area (Å²) in [4.78, 5) is 11.5. The molecule has 0 aliphatic rings. The summed E-state index contributed by atoms with van der Waals surface area (Å²) < 4.78 is 12.2. The minimum atomic E-state index is -0.193. The van der Waals surface area contributed by atoms with Crippen molar-refractivity contribution in [3.8, 4) is 5.88 Å². The number of carbonyl (C=O) groups excluding carboxylic acids is 1. The summed E-state index contributed by atoms with van der Waals surface area (Å²) in [5.74, 6) is 0.377. The topological polar surface area (TPSA) is 65.4 Å². The Morgan fingerprint density at radius 1 is 1.45 bits per heavy atom. The van der Waals surface area contributed by atoms with E-state index in [1.54, 1.807) is 4.68 Å². The predicted molar refractivity (Wildman–Crippen MR) is 77.0 cm³/mol. The van der Waals surface area contributed by atoms with Crippen LogP contribution >= 0.6 is 0 Å². The van der Waals surface area contributed by atoms with E-state index < -0.39 is 0 Å². The zero-order chi connectivity index (χ0) is 14.7. The van der Waals surface area contributed by atoms with E-state index in [2.05, 4.69) is 10.4 Å². The molecule has 0 atom stereocenters. The highest BCUT2D eigenvalue weighted by Crippen LogP contribution is 2.28. The minimum absolute atomic E-state index is 0.0282. The standard InChI is InChI=1S/C14H19N3O3/c1-9(2)20-14-11-7-10(15-13(18)8-19-4)5-6-12(11)17(3)16-14/h5-7,9H,8H2,1-4H3,(H,15,18). The van der Waals surface area contributed by atoms with Crippen LogP contribution in [-0.2, 0) is 16.6 Å². The lowest BCUT2D eigenvalue weighted by Gasteiger charge is -2.07. The maximum atomic E-state index is 11.5. The molecule has 0 bridgehead atoms. The molecule has 0 saturated carbocycles. The Morgan fingerprint density at radius 3 is 2.85 bits per heavy atom.